The topological polar surface area (TPSA) is 55.1 Å². The molecule has 0 radical (unpaired) electrons. The number of benzene rings is 1. The number of aryl methyl sites for hydroxylation is 2. The highest BCUT2D eigenvalue weighted by atomic mass is 16.4. The van der Waals surface area contributed by atoms with Crippen molar-refractivity contribution in [3.63, 3.8) is 0 Å². The van der Waals surface area contributed by atoms with Crippen LogP contribution in [0, 0.1) is 13.8 Å². The number of carbonyl (C=O) groups is 1. The SMILES string of the molecule is Cc1ccc(Cn2cnc(C)c2C(=O)O)cc1. The largest absolute Gasteiger partial charge is 0.477 e. The van der Waals surface area contributed by atoms with Crippen LogP contribution in [0.4, 0.5) is 0 Å². The summed E-state index contributed by atoms with van der Waals surface area (Å²) in [7, 11) is 0. The fourth-order valence-electron chi connectivity index (χ4n) is 1.77. The maximum absolute atomic E-state index is 11.1. The van der Waals surface area contributed by atoms with Gasteiger partial charge in [0.05, 0.1) is 12.0 Å². The molecule has 0 saturated carbocycles. The van der Waals surface area contributed by atoms with Crippen LogP contribution >= 0.6 is 0 Å². The third kappa shape index (κ3) is 2.36. The van der Waals surface area contributed by atoms with E-state index < -0.39 is 5.97 Å². The molecule has 0 spiro atoms. The van der Waals surface area contributed by atoms with Crippen molar-refractivity contribution in [1.82, 2.24) is 9.55 Å². The van der Waals surface area contributed by atoms with Crippen molar-refractivity contribution in [3.8, 4) is 0 Å². The predicted molar refractivity (Wildman–Crippen MR) is 64.2 cm³/mol. The van der Waals surface area contributed by atoms with E-state index in [9.17, 15) is 4.79 Å². The van der Waals surface area contributed by atoms with Crippen molar-refractivity contribution in [2.45, 2.75) is 20.4 Å². The van der Waals surface area contributed by atoms with Crippen LogP contribution in [0.1, 0.15) is 27.3 Å². The van der Waals surface area contributed by atoms with Crippen molar-refractivity contribution < 1.29 is 9.90 Å². The normalized spacial score (nSPS) is 10.5. The second-order valence-electron chi connectivity index (χ2n) is 4.10. The molecule has 17 heavy (non-hydrogen) atoms. The Morgan fingerprint density at radius 1 is 1.29 bits per heavy atom. The molecule has 2 aromatic rings. The molecule has 0 aliphatic heterocycles. The molecule has 0 aliphatic carbocycles. The Hall–Kier alpha value is -2.10. The van der Waals surface area contributed by atoms with E-state index in [4.69, 9.17) is 5.11 Å². The van der Waals surface area contributed by atoms with Crippen LogP contribution in [0.15, 0.2) is 30.6 Å². The van der Waals surface area contributed by atoms with Crippen LogP contribution in [-0.2, 0) is 6.54 Å². The van der Waals surface area contributed by atoms with Gasteiger partial charge in [0, 0.05) is 6.54 Å². The van der Waals surface area contributed by atoms with Gasteiger partial charge >= 0.3 is 5.97 Å². The molecule has 0 aliphatic rings. The number of carboxylic acids is 1. The Balaban J connectivity index is 2.30. The first-order valence-corrected chi connectivity index (χ1v) is 5.38. The number of imidazole rings is 1. The van der Waals surface area contributed by atoms with E-state index >= 15 is 0 Å². The monoisotopic (exact) mass is 230 g/mol. The van der Waals surface area contributed by atoms with Crippen molar-refractivity contribution in [1.29, 1.82) is 0 Å². The minimum atomic E-state index is -0.938. The fraction of sp³-hybridized carbons (Fsp3) is 0.231. The van der Waals surface area contributed by atoms with Gasteiger partial charge in [-0.1, -0.05) is 29.8 Å². The van der Waals surface area contributed by atoms with E-state index in [-0.39, 0.29) is 5.69 Å². The smallest absolute Gasteiger partial charge is 0.354 e. The lowest BCUT2D eigenvalue weighted by atomic mass is 10.1. The zero-order chi connectivity index (χ0) is 12.4. The average Bonchev–Trinajstić information content (AvgIpc) is 2.63. The zero-order valence-electron chi connectivity index (χ0n) is 9.84. The summed E-state index contributed by atoms with van der Waals surface area (Å²) in [6.45, 7) is 4.26. The molecule has 0 bridgehead atoms. The molecule has 1 heterocycles. The highest BCUT2D eigenvalue weighted by molar-refractivity contribution is 5.86. The third-order valence-electron chi connectivity index (χ3n) is 2.70. The van der Waals surface area contributed by atoms with Gasteiger partial charge in [0.15, 0.2) is 0 Å². The summed E-state index contributed by atoms with van der Waals surface area (Å²) in [5, 5.41) is 9.10. The second kappa shape index (κ2) is 4.41. The number of aromatic carboxylic acids is 1. The summed E-state index contributed by atoms with van der Waals surface area (Å²) in [6, 6.07) is 8.02. The van der Waals surface area contributed by atoms with Gasteiger partial charge in [-0.3, -0.25) is 0 Å². The van der Waals surface area contributed by atoms with E-state index in [2.05, 4.69) is 4.98 Å². The molecule has 1 N–H and O–H groups in total. The highest BCUT2D eigenvalue weighted by Crippen LogP contribution is 2.11. The number of hydrogen-bond acceptors (Lipinski definition) is 2. The van der Waals surface area contributed by atoms with Crippen LogP contribution in [0.2, 0.25) is 0 Å². The van der Waals surface area contributed by atoms with E-state index in [0.29, 0.717) is 12.2 Å². The molecule has 1 aromatic carbocycles. The third-order valence-corrected chi connectivity index (χ3v) is 2.70. The molecule has 88 valence electrons. The van der Waals surface area contributed by atoms with Crippen molar-refractivity contribution in [2.75, 3.05) is 0 Å². The summed E-state index contributed by atoms with van der Waals surface area (Å²) < 4.78 is 1.66. The number of aromatic nitrogens is 2. The number of nitrogens with zero attached hydrogens (tertiary/aromatic N) is 2. The molecule has 1 aromatic heterocycles. The molecule has 4 nitrogen and oxygen atoms in total. The molecular weight excluding hydrogens is 216 g/mol. The van der Waals surface area contributed by atoms with Gasteiger partial charge in [-0.25, -0.2) is 9.78 Å². The molecule has 0 fully saturated rings. The molecular formula is C13H14N2O2. The van der Waals surface area contributed by atoms with E-state index in [1.165, 1.54) is 5.56 Å². The van der Waals surface area contributed by atoms with Crippen molar-refractivity contribution in [3.05, 3.63) is 53.1 Å². The lowest BCUT2D eigenvalue weighted by Gasteiger charge is -2.06. The van der Waals surface area contributed by atoms with Crippen LogP contribution in [-0.4, -0.2) is 20.6 Å². The number of hydrogen-bond donors (Lipinski definition) is 1. The predicted octanol–water partition coefficient (Wildman–Crippen LogP) is 2.25. The molecule has 0 amide bonds. The van der Waals surface area contributed by atoms with Crippen LogP contribution in [0.5, 0.6) is 0 Å². The quantitative estimate of drug-likeness (QED) is 0.879. The Labute approximate surface area is 99.5 Å². The Morgan fingerprint density at radius 2 is 1.94 bits per heavy atom. The summed E-state index contributed by atoms with van der Waals surface area (Å²) >= 11 is 0. The number of carboxylic acid groups (broad SMARTS) is 1. The minimum Gasteiger partial charge on any atom is -0.477 e. The maximum Gasteiger partial charge on any atom is 0.354 e. The first-order chi connectivity index (χ1) is 8.08. The van der Waals surface area contributed by atoms with E-state index in [0.717, 1.165) is 5.56 Å². The standard InChI is InChI=1S/C13H14N2O2/c1-9-3-5-11(6-4-9)7-15-8-14-10(2)12(15)13(16)17/h3-6,8H,7H2,1-2H3,(H,16,17). The van der Waals surface area contributed by atoms with Gasteiger partial charge in [0.1, 0.15) is 5.69 Å². The first-order valence-electron chi connectivity index (χ1n) is 5.38. The summed E-state index contributed by atoms with van der Waals surface area (Å²) in [5.74, 6) is -0.938. The Bertz CT molecular complexity index is 541. The zero-order valence-corrected chi connectivity index (χ0v) is 9.84. The van der Waals surface area contributed by atoms with Crippen molar-refractivity contribution in [2.24, 2.45) is 0 Å². The molecule has 2 rings (SSSR count). The maximum atomic E-state index is 11.1. The van der Waals surface area contributed by atoms with Gasteiger partial charge in [0.2, 0.25) is 0 Å². The second-order valence-corrected chi connectivity index (χ2v) is 4.10. The Kier molecular flexibility index (Phi) is 2.95. The summed E-state index contributed by atoms with van der Waals surface area (Å²) in [4.78, 5) is 15.1. The van der Waals surface area contributed by atoms with Gasteiger partial charge in [0.25, 0.3) is 0 Å². The lowest BCUT2D eigenvalue weighted by molar-refractivity contribution is 0.0685. The van der Waals surface area contributed by atoms with Crippen LogP contribution in [0.25, 0.3) is 0 Å². The molecule has 4 heteroatoms. The van der Waals surface area contributed by atoms with Gasteiger partial charge in [-0.15, -0.1) is 0 Å². The molecule has 0 atom stereocenters. The average molecular weight is 230 g/mol. The first kappa shape index (κ1) is 11.4. The van der Waals surface area contributed by atoms with Gasteiger partial charge in [-0.05, 0) is 19.4 Å². The lowest BCUT2D eigenvalue weighted by Crippen LogP contribution is -2.09. The summed E-state index contributed by atoms with van der Waals surface area (Å²) in [5.41, 5.74) is 3.06. The van der Waals surface area contributed by atoms with Gasteiger partial charge < -0.3 is 9.67 Å². The Morgan fingerprint density at radius 3 is 2.53 bits per heavy atom. The van der Waals surface area contributed by atoms with Crippen molar-refractivity contribution >= 4 is 5.97 Å². The van der Waals surface area contributed by atoms with E-state index in [1.807, 2.05) is 31.2 Å². The number of rotatable bonds is 3. The molecule has 0 unspecified atom stereocenters. The van der Waals surface area contributed by atoms with E-state index in [1.54, 1.807) is 17.8 Å². The van der Waals surface area contributed by atoms with Crippen LogP contribution in [0.3, 0.4) is 0 Å². The fourth-order valence-corrected chi connectivity index (χ4v) is 1.77. The minimum absolute atomic E-state index is 0.255. The molecule has 0 saturated heterocycles. The van der Waals surface area contributed by atoms with Gasteiger partial charge in [-0.2, -0.15) is 0 Å². The highest BCUT2D eigenvalue weighted by Gasteiger charge is 2.14. The van der Waals surface area contributed by atoms with Crippen LogP contribution < -0.4 is 0 Å². The summed E-state index contributed by atoms with van der Waals surface area (Å²) in [6.07, 6.45) is 1.57.